The molecule has 4 heteroatoms. The number of hydrogen-bond acceptors (Lipinski definition) is 1. The molecule has 20 heavy (non-hydrogen) atoms. The van der Waals surface area contributed by atoms with Crippen molar-refractivity contribution in [2.24, 2.45) is 5.92 Å². The van der Waals surface area contributed by atoms with E-state index in [4.69, 9.17) is 11.6 Å². The fourth-order valence-electron chi connectivity index (χ4n) is 3.01. The smallest absolute Gasteiger partial charge is 0.253 e. The van der Waals surface area contributed by atoms with E-state index in [1.807, 2.05) is 6.07 Å². The van der Waals surface area contributed by atoms with E-state index in [0.717, 1.165) is 10.9 Å². The average molecular weight is 359 g/mol. The maximum Gasteiger partial charge on any atom is 0.253 e. The summed E-state index contributed by atoms with van der Waals surface area (Å²) in [6.07, 6.45) is 7.33. The molecule has 1 unspecified atom stereocenters. The molecule has 1 aliphatic carbocycles. The van der Waals surface area contributed by atoms with Crippen molar-refractivity contribution in [2.45, 2.75) is 51.5 Å². The van der Waals surface area contributed by atoms with Gasteiger partial charge in [-0.25, -0.2) is 0 Å². The SMILES string of the molecule is CCC(NC(=O)c1cc(Br)ccc1Cl)C1CCCCC1. The molecule has 0 heterocycles. The third-order valence-electron chi connectivity index (χ3n) is 4.15. The van der Waals surface area contributed by atoms with Crippen LogP contribution >= 0.6 is 27.5 Å². The summed E-state index contributed by atoms with van der Waals surface area (Å²) in [6.45, 7) is 2.14. The van der Waals surface area contributed by atoms with Crippen LogP contribution in [-0.4, -0.2) is 11.9 Å². The van der Waals surface area contributed by atoms with Crippen molar-refractivity contribution >= 4 is 33.4 Å². The van der Waals surface area contributed by atoms with Gasteiger partial charge in [-0.3, -0.25) is 4.79 Å². The Morgan fingerprint density at radius 2 is 2.10 bits per heavy atom. The zero-order chi connectivity index (χ0) is 14.5. The van der Waals surface area contributed by atoms with Crippen molar-refractivity contribution < 1.29 is 4.79 Å². The van der Waals surface area contributed by atoms with Gasteiger partial charge in [-0.15, -0.1) is 0 Å². The Kier molecular flexibility index (Phi) is 5.91. The summed E-state index contributed by atoms with van der Waals surface area (Å²) >= 11 is 9.51. The topological polar surface area (TPSA) is 29.1 Å². The lowest BCUT2D eigenvalue weighted by Gasteiger charge is -2.30. The number of benzene rings is 1. The van der Waals surface area contributed by atoms with Crippen LogP contribution in [0.25, 0.3) is 0 Å². The van der Waals surface area contributed by atoms with Gasteiger partial charge >= 0.3 is 0 Å². The quantitative estimate of drug-likeness (QED) is 0.788. The van der Waals surface area contributed by atoms with Crippen molar-refractivity contribution in [1.82, 2.24) is 5.32 Å². The van der Waals surface area contributed by atoms with Crippen LogP contribution in [0.4, 0.5) is 0 Å². The fraction of sp³-hybridized carbons (Fsp3) is 0.562. The summed E-state index contributed by atoms with van der Waals surface area (Å²) < 4.78 is 0.873. The number of halogens is 2. The van der Waals surface area contributed by atoms with E-state index in [2.05, 4.69) is 28.2 Å². The molecule has 1 aliphatic rings. The Bertz CT molecular complexity index is 472. The predicted octanol–water partition coefficient (Wildman–Crippen LogP) is 5.19. The highest BCUT2D eigenvalue weighted by molar-refractivity contribution is 9.10. The molecule has 0 bridgehead atoms. The van der Waals surface area contributed by atoms with Crippen LogP contribution in [0.5, 0.6) is 0 Å². The van der Waals surface area contributed by atoms with Gasteiger partial charge in [0.25, 0.3) is 5.91 Å². The minimum absolute atomic E-state index is 0.0614. The maximum atomic E-state index is 12.4. The fourth-order valence-corrected chi connectivity index (χ4v) is 3.57. The van der Waals surface area contributed by atoms with E-state index < -0.39 is 0 Å². The second kappa shape index (κ2) is 7.46. The van der Waals surface area contributed by atoms with E-state index in [1.165, 1.54) is 32.1 Å². The van der Waals surface area contributed by atoms with Crippen LogP contribution in [-0.2, 0) is 0 Å². The van der Waals surface area contributed by atoms with Gasteiger partial charge < -0.3 is 5.32 Å². The zero-order valence-corrected chi connectivity index (χ0v) is 14.1. The molecule has 2 nitrogen and oxygen atoms in total. The standard InChI is InChI=1S/C16H21BrClNO/c1-2-15(11-6-4-3-5-7-11)19-16(20)13-10-12(17)8-9-14(13)18/h8-11,15H,2-7H2,1H3,(H,19,20). The number of carbonyl (C=O) groups excluding carboxylic acids is 1. The van der Waals surface area contributed by atoms with Gasteiger partial charge in [0.1, 0.15) is 0 Å². The number of carbonyl (C=O) groups is 1. The molecule has 1 N–H and O–H groups in total. The van der Waals surface area contributed by atoms with E-state index in [9.17, 15) is 4.79 Å². The molecule has 1 aromatic carbocycles. The molecule has 1 atom stereocenters. The molecular formula is C16H21BrClNO. The van der Waals surface area contributed by atoms with E-state index in [0.29, 0.717) is 16.5 Å². The van der Waals surface area contributed by atoms with Crippen LogP contribution in [0.15, 0.2) is 22.7 Å². The summed E-state index contributed by atoms with van der Waals surface area (Å²) in [4.78, 5) is 12.4. The molecule has 0 saturated heterocycles. The maximum absolute atomic E-state index is 12.4. The van der Waals surface area contributed by atoms with Crippen LogP contribution in [0.1, 0.15) is 55.8 Å². The molecule has 0 radical (unpaired) electrons. The van der Waals surface area contributed by atoms with Crippen molar-refractivity contribution in [3.05, 3.63) is 33.3 Å². The van der Waals surface area contributed by atoms with Crippen molar-refractivity contribution in [2.75, 3.05) is 0 Å². The summed E-state index contributed by atoms with van der Waals surface area (Å²) in [5, 5.41) is 3.68. The Morgan fingerprint density at radius 3 is 2.75 bits per heavy atom. The monoisotopic (exact) mass is 357 g/mol. The predicted molar refractivity (Wildman–Crippen MR) is 87.3 cm³/mol. The lowest BCUT2D eigenvalue weighted by molar-refractivity contribution is 0.0911. The zero-order valence-electron chi connectivity index (χ0n) is 11.8. The van der Waals surface area contributed by atoms with E-state index in [-0.39, 0.29) is 11.9 Å². The van der Waals surface area contributed by atoms with E-state index in [1.54, 1.807) is 12.1 Å². The Labute approximate surface area is 134 Å². The Hall–Kier alpha value is -0.540. The summed E-state index contributed by atoms with van der Waals surface area (Å²) in [5.41, 5.74) is 0.551. The largest absolute Gasteiger partial charge is 0.349 e. The second-order valence-electron chi connectivity index (χ2n) is 5.51. The van der Waals surface area contributed by atoms with Gasteiger partial charge in [-0.05, 0) is 43.4 Å². The molecule has 1 fully saturated rings. The van der Waals surface area contributed by atoms with Crippen molar-refractivity contribution in [3.8, 4) is 0 Å². The van der Waals surface area contributed by atoms with Crippen LogP contribution < -0.4 is 5.32 Å². The average Bonchev–Trinajstić information content (AvgIpc) is 2.48. The first-order chi connectivity index (χ1) is 9.61. The van der Waals surface area contributed by atoms with Crippen LogP contribution in [0.3, 0.4) is 0 Å². The summed E-state index contributed by atoms with van der Waals surface area (Å²) in [5.74, 6) is 0.553. The van der Waals surface area contributed by atoms with Crippen LogP contribution in [0, 0.1) is 5.92 Å². The van der Waals surface area contributed by atoms with E-state index >= 15 is 0 Å². The summed E-state index contributed by atoms with van der Waals surface area (Å²) in [7, 11) is 0. The molecule has 2 rings (SSSR count). The first-order valence-corrected chi connectivity index (χ1v) is 8.54. The second-order valence-corrected chi connectivity index (χ2v) is 6.83. The number of nitrogens with one attached hydrogen (secondary N) is 1. The number of hydrogen-bond donors (Lipinski definition) is 1. The van der Waals surface area contributed by atoms with Crippen LogP contribution in [0.2, 0.25) is 5.02 Å². The van der Waals surface area contributed by atoms with Gasteiger partial charge in [0.15, 0.2) is 0 Å². The summed E-state index contributed by atoms with van der Waals surface area (Å²) in [6, 6.07) is 5.64. The third kappa shape index (κ3) is 3.98. The van der Waals surface area contributed by atoms with Gasteiger partial charge in [-0.1, -0.05) is 53.7 Å². The highest BCUT2D eigenvalue weighted by Crippen LogP contribution is 2.28. The van der Waals surface area contributed by atoms with Crippen molar-refractivity contribution in [1.29, 1.82) is 0 Å². The third-order valence-corrected chi connectivity index (χ3v) is 4.97. The Morgan fingerprint density at radius 1 is 1.40 bits per heavy atom. The minimum Gasteiger partial charge on any atom is -0.349 e. The normalized spacial score (nSPS) is 17.8. The number of amides is 1. The molecule has 1 amide bonds. The minimum atomic E-state index is -0.0614. The lowest BCUT2D eigenvalue weighted by atomic mass is 9.83. The lowest BCUT2D eigenvalue weighted by Crippen LogP contribution is -2.40. The van der Waals surface area contributed by atoms with Gasteiger partial charge in [0.05, 0.1) is 10.6 Å². The molecular weight excluding hydrogens is 338 g/mol. The molecule has 0 aromatic heterocycles. The number of rotatable bonds is 4. The first kappa shape index (κ1) is 15.8. The highest BCUT2D eigenvalue weighted by atomic mass is 79.9. The van der Waals surface area contributed by atoms with Gasteiger partial charge in [-0.2, -0.15) is 0 Å². The highest BCUT2D eigenvalue weighted by Gasteiger charge is 2.24. The molecule has 1 saturated carbocycles. The van der Waals surface area contributed by atoms with Gasteiger partial charge in [0, 0.05) is 10.5 Å². The Balaban J connectivity index is 2.06. The molecule has 1 aromatic rings. The molecule has 0 aliphatic heterocycles. The molecule has 110 valence electrons. The van der Waals surface area contributed by atoms with Gasteiger partial charge in [0.2, 0.25) is 0 Å². The molecule has 0 spiro atoms. The van der Waals surface area contributed by atoms with Crippen molar-refractivity contribution in [3.63, 3.8) is 0 Å². The first-order valence-electron chi connectivity index (χ1n) is 7.37.